The molecule has 2 aromatic carbocycles. The van der Waals surface area contributed by atoms with Crippen LogP contribution < -0.4 is 14.8 Å². The molecule has 0 radical (unpaired) electrons. The lowest BCUT2D eigenvalue weighted by Gasteiger charge is -2.12. The molecule has 0 saturated carbocycles. The Hall–Kier alpha value is -3.06. The minimum atomic E-state index is -1.42. The average molecular weight is 359 g/mol. The summed E-state index contributed by atoms with van der Waals surface area (Å²) in [5.41, 5.74) is 1.20. The molecule has 0 aromatic heterocycles. The minimum Gasteiger partial charge on any atom is -0.493 e. The Morgan fingerprint density at radius 2 is 1.73 bits per heavy atom. The van der Waals surface area contributed by atoms with Crippen LogP contribution in [-0.4, -0.2) is 37.8 Å². The summed E-state index contributed by atoms with van der Waals surface area (Å²) in [5, 5.41) is 12.5. The highest BCUT2D eigenvalue weighted by Gasteiger charge is 2.19. The number of esters is 1. The van der Waals surface area contributed by atoms with E-state index in [1.807, 2.05) is 0 Å². The molecule has 1 atom stereocenters. The van der Waals surface area contributed by atoms with Gasteiger partial charge in [-0.2, -0.15) is 0 Å². The molecule has 0 spiro atoms. The first-order valence-electron chi connectivity index (χ1n) is 7.92. The molecular formula is C19H21NO6. The molecular weight excluding hydrogens is 338 g/mol. The number of hydrogen-bond donors (Lipinski definition) is 2. The summed E-state index contributed by atoms with van der Waals surface area (Å²) < 4.78 is 15.2. The van der Waals surface area contributed by atoms with Gasteiger partial charge in [0.1, 0.15) is 0 Å². The molecule has 0 aliphatic carbocycles. The number of rotatable bonds is 8. The molecule has 0 bridgehead atoms. The number of aliphatic hydroxyl groups excluding tert-OH is 1. The molecule has 0 fully saturated rings. The van der Waals surface area contributed by atoms with Crippen molar-refractivity contribution in [1.82, 2.24) is 5.32 Å². The number of benzene rings is 2. The summed E-state index contributed by atoms with van der Waals surface area (Å²) in [6.07, 6.45) is -1.42. The van der Waals surface area contributed by atoms with E-state index in [0.29, 0.717) is 17.1 Å². The second-order valence-electron chi connectivity index (χ2n) is 5.39. The molecule has 0 aliphatic rings. The van der Waals surface area contributed by atoms with Crippen molar-refractivity contribution < 1.29 is 28.9 Å². The van der Waals surface area contributed by atoms with E-state index in [2.05, 4.69) is 5.32 Å². The first-order chi connectivity index (χ1) is 12.5. The fourth-order valence-corrected chi connectivity index (χ4v) is 2.23. The standard InChI is InChI=1S/C19H21NO6/c1-24-15-9-8-13(10-16(15)25-2)11-20-17(21)12-26-19(23)18(22)14-6-4-3-5-7-14/h3-10,18,22H,11-12H2,1-2H3,(H,20,21)/t18-/m1/s1. The highest BCUT2D eigenvalue weighted by molar-refractivity contribution is 5.82. The topological polar surface area (TPSA) is 94.1 Å². The lowest BCUT2D eigenvalue weighted by Crippen LogP contribution is -2.29. The van der Waals surface area contributed by atoms with E-state index in [1.165, 1.54) is 14.2 Å². The number of hydrogen-bond acceptors (Lipinski definition) is 6. The third kappa shape index (κ3) is 5.22. The lowest BCUT2D eigenvalue weighted by molar-refractivity contribution is -0.157. The van der Waals surface area contributed by atoms with Gasteiger partial charge in [-0.05, 0) is 23.3 Å². The van der Waals surface area contributed by atoms with Crippen LogP contribution in [0.3, 0.4) is 0 Å². The zero-order valence-corrected chi connectivity index (χ0v) is 14.6. The van der Waals surface area contributed by atoms with Crippen LogP contribution in [0, 0.1) is 0 Å². The molecule has 26 heavy (non-hydrogen) atoms. The molecule has 7 nitrogen and oxygen atoms in total. The highest BCUT2D eigenvalue weighted by atomic mass is 16.5. The summed E-state index contributed by atoms with van der Waals surface area (Å²) >= 11 is 0. The van der Waals surface area contributed by atoms with Crippen LogP contribution in [-0.2, 0) is 20.9 Å². The first-order valence-corrected chi connectivity index (χ1v) is 7.92. The number of amides is 1. The van der Waals surface area contributed by atoms with E-state index in [9.17, 15) is 14.7 Å². The van der Waals surface area contributed by atoms with Crippen molar-refractivity contribution in [2.75, 3.05) is 20.8 Å². The van der Waals surface area contributed by atoms with Gasteiger partial charge in [0.2, 0.25) is 0 Å². The van der Waals surface area contributed by atoms with Gasteiger partial charge < -0.3 is 24.6 Å². The average Bonchev–Trinajstić information content (AvgIpc) is 2.70. The number of ether oxygens (including phenoxy) is 3. The Morgan fingerprint density at radius 1 is 1.04 bits per heavy atom. The second kappa shape index (κ2) is 9.43. The summed E-state index contributed by atoms with van der Waals surface area (Å²) in [6.45, 7) is -0.242. The van der Waals surface area contributed by atoms with Crippen LogP contribution in [0.25, 0.3) is 0 Å². The number of aliphatic hydroxyl groups is 1. The SMILES string of the molecule is COc1ccc(CNC(=O)COC(=O)[C@H](O)c2ccccc2)cc1OC. The summed E-state index contributed by atoms with van der Waals surface area (Å²) in [4.78, 5) is 23.6. The molecule has 138 valence electrons. The van der Waals surface area contributed by atoms with Gasteiger partial charge >= 0.3 is 5.97 Å². The van der Waals surface area contributed by atoms with Gasteiger partial charge in [-0.15, -0.1) is 0 Å². The molecule has 0 aliphatic heterocycles. The number of methoxy groups -OCH3 is 2. The maximum Gasteiger partial charge on any atom is 0.340 e. The van der Waals surface area contributed by atoms with E-state index < -0.39 is 24.6 Å². The Kier molecular flexibility index (Phi) is 6.99. The smallest absolute Gasteiger partial charge is 0.340 e. The molecule has 0 saturated heterocycles. The monoisotopic (exact) mass is 359 g/mol. The van der Waals surface area contributed by atoms with Gasteiger partial charge in [-0.1, -0.05) is 36.4 Å². The summed E-state index contributed by atoms with van der Waals surface area (Å²) in [7, 11) is 3.06. The van der Waals surface area contributed by atoms with Gasteiger partial charge in [0.05, 0.1) is 14.2 Å². The fourth-order valence-electron chi connectivity index (χ4n) is 2.23. The number of nitrogens with one attached hydrogen (secondary N) is 1. The van der Waals surface area contributed by atoms with Crippen LogP contribution in [0.5, 0.6) is 11.5 Å². The van der Waals surface area contributed by atoms with E-state index >= 15 is 0 Å². The van der Waals surface area contributed by atoms with Crippen LogP contribution in [0.1, 0.15) is 17.2 Å². The Morgan fingerprint density at radius 3 is 2.38 bits per heavy atom. The third-order valence-corrected chi connectivity index (χ3v) is 3.62. The maximum absolute atomic E-state index is 11.8. The van der Waals surface area contributed by atoms with Gasteiger partial charge in [0.25, 0.3) is 5.91 Å². The van der Waals surface area contributed by atoms with E-state index in [4.69, 9.17) is 14.2 Å². The first kappa shape index (κ1) is 19.3. The van der Waals surface area contributed by atoms with Crippen LogP contribution >= 0.6 is 0 Å². The molecule has 1 amide bonds. The predicted octanol–water partition coefficient (Wildman–Crippen LogP) is 1.60. The zero-order valence-electron chi connectivity index (χ0n) is 14.6. The number of carbonyl (C=O) groups is 2. The largest absolute Gasteiger partial charge is 0.493 e. The van der Waals surface area contributed by atoms with Crippen molar-refractivity contribution in [1.29, 1.82) is 0 Å². The second-order valence-corrected chi connectivity index (χ2v) is 5.39. The number of carbonyl (C=O) groups excluding carboxylic acids is 2. The Bertz CT molecular complexity index is 747. The van der Waals surface area contributed by atoms with Gasteiger partial charge in [0.15, 0.2) is 24.2 Å². The van der Waals surface area contributed by atoms with Crippen molar-refractivity contribution in [3.8, 4) is 11.5 Å². The van der Waals surface area contributed by atoms with E-state index in [-0.39, 0.29) is 6.54 Å². The van der Waals surface area contributed by atoms with Gasteiger partial charge in [-0.25, -0.2) is 4.79 Å². The van der Waals surface area contributed by atoms with Crippen molar-refractivity contribution in [3.05, 3.63) is 59.7 Å². The minimum absolute atomic E-state index is 0.234. The van der Waals surface area contributed by atoms with Crippen molar-refractivity contribution in [2.45, 2.75) is 12.6 Å². The van der Waals surface area contributed by atoms with E-state index in [1.54, 1.807) is 48.5 Å². The molecule has 2 N–H and O–H groups in total. The summed E-state index contributed by atoms with van der Waals surface area (Å²) in [6, 6.07) is 13.6. The predicted molar refractivity (Wildman–Crippen MR) is 93.8 cm³/mol. The van der Waals surface area contributed by atoms with E-state index in [0.717, 1.165) is 5.56 Å². The molecule has 2 rings (SSSR count). The maximum atomic E-state index is 11.8. The highest BCUT2D eigenvalue weighted by Crippen LogP contribution is 2.27. The molecule has 2 aromatic rings. The fraction of sp³-hybridized carbons (Fsp3) is 0.263. The van der Waals surface area contributed by atoms with Crippen molar-refractivity contribution >= 4 is 11.9 Å². The Labute approximate surface area is 151 Å². The summed E-state index contributed by atoms with van der Waals surface area (Å²) in [5.74, 6) is -0.214. The van der Waals surface area contributed by atoms with Crippen LogP contribution in [0.4, 0.5) is 0 Å². The zero-order chi connectivity index (χ0) is 18.9. The molecule has 0 unspecified atom stereocenters. The van der Waals surface area contributed by atoms with Gasteiger partial charge in [0, 0.05) is 6.54 Å². The van der Waals surface area contributed by atoms with Crippen molar-refractivity contribution in [2.24, 2.45) is 0 Å². The Balaban J connectivity index is 1.81. The molecule has 7 heteroatoms. The lowest BCUT2D eigenvalue weighted by atomic mass is 10.1. The normalized spacial score (nSPS) is 11.3. The van der Waals surface area contributed by atoms with Gasteiger partial charge in [-0.3, -0.25) is 4.79 Å². The van der Waals surface area contributed by atoms with Crippen LogP contribution in [0.2, 0.25) is 0 Å². The van der Waals surface area contributed by atoms with Crippen molar-refractivity contribution in [3.63, 3.8) is 0 Å². The third-order valence-electron chi connectivity index (χ3n) is 3.62. The van der Waals surface area contributed by atoms with Crippen LogP contribution in [0.15, 0.2) is 48.5 Å². The quantitative estimate of drug-likeness (QED) is 0.695. The molecule has 0 heterocycles.